The summed E-state index contributed by atoms with van der Waals surface area (Å²) >= 11 is 0. The van der Waals surface area contributed by atoms with E-state index in [2.05, 4.69) is 15.3 Å². The number of ether oxygens (including phenoxy) is 1. The van der Waals surface area contributed by atoms with E-state index >= 15 is 0 Å². The molecule has 0 radical (unpaired) electrons. The topological polar surface area (TPSA) is 100 Å². The van der Waals surface area contributed by atoms with Gasteiger partial charge < -0.3 is 15.2 Å². The van der Waals surface area contributed by atoms with Gasteiger partial charge in [-0.2, -0.15) is 0 Å². The summed E-state index contributed by atoms with van der Waals surface area (Å²) in [6.07, 6.45) is 6.14. The lowest BCUT2D eigenvalue weighted by molar-refractivity contribution is -0.117. The Morgan fingerprint density at radius 3 is 2.75 bits per heavy atom. The largest absolute Gasteiger partial charge is 0.384 e. The molecule has 0 spiro atoms. The number of pyridine rings is 1. The van der Waals surface area contributed by atoms with Gasteiger partial charge in [-0.3, -0.25) is 14.7 Å². The van der Waals surface area contributed by atoms with Gasteiger partial charge in [0, 0.05) is 27.8 Å². The van der Waals surface area contributed by atoms with E-state index in [9.17, 15) is 9.90 Å². The van der Waals surface area contributed by atoms with Crippen molar-refractivity contribution in [2.45, 2.75) is 50.9 Å². The molecule has 1 aliphatic carbocycles. The third-order valence-corrected chi connectivity index (χ3v) is 5.40. The van der Waals surface area contributed by atoms with Gasteiger partial charge in [0.05, 0.1) is 30.2 Å². The maximum Gasteiger partial charge on any atom is 0.247 e. The zero-order chi connectivity index (χ0) is 19.9. The first-order valence-electron chi connectivity index (χ1n) is 9.52. The van der Waals surface area contributed by atoms with Crippen molar-refractivity contribution in [3.05, 3.63) is 30.2 Å². The monoisotopic (exact) mass is 387 g/mol. The quantitative estimate of drug-likeness (QED) is 0.831. The van der Waals surface area contributed by atoms with E-state index < -0.39 is 5.60 Å². The third-order valence-electron chi connectivity index (χ3n) is 5.40. The Balaban J connectivity index is 0.00000160. The minimum absolute atomic E-state index is 0. The lowest BCUT2D eigenvalue weighted by Crippen LogP contribution is -2.46. The molecule has 3 heterocycles. The summed E-state index contributed by atoms with van der Waals surface area (Å²) in [4.78, 5) is 28.0. The number of rotatable bonds is 4. The maximum absolute atomic E-state index is 12.7. The van der Waals surface area contributed by atoms with Crippen LogP contribution in [0.15, 0.2) is 24.5 Å². The Hall–Kier alpha value is -2.58. The van der Waals surface area contributed by atoms with Crippen molar-refractivity contribution < 1.29 is 17.5 Å². The molecule has 2 aromatic heterocycles. The number of hydrogen-bond acceptors (Lipinski definition) is 7. The molecule has 0 saturated heterocycles. The van der Waals surface area contributed by atoms with Gasteiger partial charge in [-0.05, 0) is 45.2 Å². The summed E-state index contributed by atoms with van der Waals surface area (Å²) < 4.78 is 5.47. The molecule has 0 aromatic carbocycles. The van der Waals surface area contributed by atoms with Gasteiger partial charge in [0.1, 0.15) is 5.60 Å². The minimum atomic E-state index is -1.01. The minimum Gasteiger partial charge on any atom is -0.384 e. The summed E-state index contributed by atoms with van der Waals surface area (Å²) in [5.41, 5.74) is 0.990. The molecule has 1 amide bonds. The van der Waals surface area contributed by atoms with Gasteiger partial charge in [-0.25, -0.2) is 9.97 Å². The van der Waals surface area contributed by atoms with Crippen LogP contribution in [0.4, 0.5) is 11.6 Å². The van der Waals surface area contributed by atoms with Crippen molar-refractivity contribution >= 4 is 17.5 Å². The molecule has 152 valence electrons. The van der Waals surface area contributed by atoms with Gasteiger partial charge in [-0.1, -0.05) is 0 Å². The summed E-state index contributed by atoms with van der Waals surface area (Å²) in [5, 5.41) is 13.1. The zero-order valence-electron chi connectivity index (χ0n) is 16.3. The summed E-state index contributed by atoms with van der Waals surface area (Å²) in [7, 11) is 1.71. The Morgan fingerprint density at radius 1 is 1.29 bits per heavy atom. The number of aliphatic hydroxyl groups is 1. The summed E-state index contributed by atoms with van der Waals surface area (Å²) in [6, 6.07) is 3.70. The van der Waals surface area contributed by atoms with Crippen molar-refractivity contribution in [1.82, 2.24) is 15.0 Å². The highest BCUT2D eigenvalue weighted by atomic mass is 16.5. The third kappa shape index (κ3) is 3.45. The molecular weight excluding hydrogens is 358 g/mol. The van der Waals surface area contributed by atoms with Crippen LogP contribution in [-0.2, 0) is 15.1 Å². The Labute approximate surface area is 166 Å². The van der Waals surface area contributed by atoms with Crippen LogP contribution >= 0.6 is 0 Å². The average Bonchev–Trinajstić information content (AvgIpc) is 3.15. The van der Waals surface area contributed by atoms with Gasteiger partial charge in [0.2, 0.25) is 5.91 Å². The Morgan fingerprint density at radius 2 is 2.11 bits per heavy atom. The van der Waals surface area contributed by atoms with E-state index in [0.717, 1.165) is 24.8 Å². The molecule has 1 fully saturated rings. The van der Waals surface area contributed by atoms with Gasteiger partial charge in [0.25, 0.3) is 0 Å². The highest BCUT2D eigenvalue weighted by molar-refractivity contribution is 6.01. The second kappa shape index (κ2) is 7.10. The number of carbonyl (C=O) groups is 1. The standard InChI is InChI=1S/C20H25N5O3.2H2/c1-20(2,27)16-7-4-12(9-21-16)15-10-22-18-19(24-15)25(17(26)11-23-18)13-5-6-14(8-13)28-3;;/h4,7,9-10,13-14,27H,5-6,8,11H2,1-3H3,(H,22,23);2*1H/t13-,14-;;/m1../s1. The fourth-order valence-electron chi connectivity index (χ4n) is 3.82. The van der Waals surface area contributed by atoms with Gasteiger partial charge >= 0.3 is 0 Å². The SMILES string of the molecule is CO[C@@H]1CC[C@@H](N2C(=O)CNc3ncc(-c4ccc(C(C)(C)O)nc4)nc32)C1.[HH].[HH]. The molecular formula is C20H29N5O3. The van der Waals surface area contributed by atoms with Crippen LogP contribution in [0.5, 0.6) is 0 Å². The van der Waals surface area contributed by atoms with E-state index in [1.807, 2.05) is 6.07 Å². The number of methoxy groups -OCH3 is 1. The van der Waals surface area contributed by atoms with E-state index in [-0.39, 0.29) is 27.5 Å². The van der Waals surface area contributed by atoms with Crippen molar-refractivity contribution in [2.75, 3.05) is 23.9 Å². The molecule has 2 N–H and O–H groups in total. The van der Waals surface area contributed by atoms with Crippen LogP contribution in [0.3, 0.4) is 0 Å². The molecule has 4 rings (SSSR count). The molecule has 1 saturated carbocycles. The van der Waals surface area contributed by atoms with Crippen LogP contribution in [0.1, 0.15) is 41.7 Å². The first-order chi connectivity index (χ1) is 13.4. The fourth-order valence-corrected chi connectivity index (χ4v) is 3.82. The predicted molar refractivity (Wildman–Crippen MR) is 109 cm³/mol. The number of amides is 1. The highest BCUT2D eigenvalue weighted by Crippen LogP contribution is 2.35. The Kier molecular flexibility index (Phi) is 4.76. The van der Waals surface area contributed by atoms with Gasteiger partial charge in [0.15, 0.2) is 11.6 Å². The molecule has 0 unspecified atom stereocenters. The Bertz CT molecular complexity index is 889. The molecule has 0 bridgehead atoms. The van der Waals surface area contributed by atoms with Crippen molar-refractivity contribution in [3.63, 3.8) is 0 Å². The molecule has 2 aliphatic rings. The number of aromatic nitrogens is 3. The number of nitrogens with zero attached hydrogens (tertiary/aromatic N) is 4. The summed E-state index contributed by atoms with van der Waals surface area (Å²) in [6.45, 7) is 3.60. The molecule has 2 aromatic rings. The highest BCUT2D eigenvalue weighted by Gasteiger charge is 2.37. The van der Waals surface area contributed by atoms with Crippen LogP contribution in [-0.4, -0.2) is 51.8 Å². The number of fused-ring (bicyclic) bond motifs is 1. The lowest BCUT2D eigenvalue weighted by Gasteiger charge is -2.33. The van der Waals surface area contributed by atoms with Crippen LogP contribution in [0.2, 0.25) is 0 Å². The number of anilines is 2. The molecule has 8 heteroatoms. The molecule has 2 atom stereocenters. The molecule has 1 aliphatic heterocycles. The van der Waals surface area contributed by atoms with Crippen molar-refractivity contribution in [3.8, 4) is 11.3 Å². The lowest BCUT2D eigenvalue weighted by atomic mass is 10.0. The average molecular weight is 387 g/mol. The fraction of sp³-hybridized carbons (Fsp3) is 0.500. The first-order valence-corrected chi connectivity index (χ1v) is 9.52. The summed E-state index contributed by atoms with van der Waals surface area (Å²) in [5.74, 6) is 1.17. The van der Waals surface area contributed by atoms with Crippen LogP contribution < -0.4 is 10.2 Å². The predicted octanol–water partition coefficient (Wildman–Crippen LogP) is 2.58. The van der Waals surface area contributed by atoms with Gasteiger partial charge in [-0.15, -0.1) is 0 Å². The van der Waals surface area contributed by atoms with E-state index in [0.29, 0.717) is 23.0 Å². The number of hydrogen-bond donors (Lipinski definition) is 2. The smallest absolute Gasteiger partial charge is 0.247 e. The number of carbonyl (C=O) groups excluding carboxylic acids is 1. The van der Waals surface area contributed by atoms with Crippen molar-refractivity contribution in [1.29, 1.82) is 0 Å². The normalized spacial score (nSPS) is 22.1. The van der Waals surface area contributed by atoms with E-state index in [1.54, 1.807) is 44.3 Å². The maximum atomic E-state index is 12.7. The second-order valence-corrected chi connectivity index (χ2v) is 7.86. The van der Waals surface area contributed by atoms with E-state index in [4.69, 9.17) is 9.72 Å². The second-order valence-electron chi connectivity index (χ2n) is 7.86. The molecule has 8 nitrogen and oxygen atoms in total. The molecule has 28 heavy (non-hydrogen) atoms. The van der Waals surface area contributed by atoms with Crippen LogP contribution in [0, 0.1) is 0 Å². The van der Waals surface area contributed by atoms with E-state index in [1.165, 1.54) is 0 Å². The van der Waals surface area contributed by atoms with Crippen LogP contribution in [0.25, 0.3) is 11.3 Å². The number of nitrogens with one attached hydrogen (secondary N) is 1. The first kappa shape index (κ1) is 18.8. The zero-order valence-corrected chi connectivity index (χ0v) is 16.3. The van der Waals surface area contributed by atoms with Crippen molar-refractivity contribution in [2.24, 2.45) is 0 Å².